The molecule has 1 N–H and O–H groups in total. The van der Waals surface area contributed by atoms with Crippen LogP contribution in [0.2, 0.25) is 0 Å². The van der Waals surface area contributed by atoms with Crippen molar-refractivity contribution < 1.29 is 4.74 Å². The maximum atomic E-state index is 5.93. The van der Waals surface area contributed by atoms with Crippen molar-refractivity contribution in [2.45, 2.75) is 26.0 Å². The summed E-state index contributed by atoms with van der Waals surface area (Å²) in [5, 5.41) is 3.40. The topological polar surface area (TPSA) is 62.6 Å². The monoisotopic (exact) mass is 453 g/mol. The number of hydrogen-bond acceptors (Lipinski definition) is 4. The smallest absolute Gasteiger partial charge is 0.213 e. The van der Waals surface area contributed by atoms with Crippen LogP contribution in [0.3, 0.4) is 0 Å². The maximum Gasteiger partial charge on any atom is 0.213 e. The van der Waals surface area contributed by atoms with Gasteiger partial charge in [-0.15, -0.1) is 24.0 Å². The zero-order valence-electron chi connectivity index (χ0n) is 14.6. The van der Waals surface area contributed by atoms with Gasteiger partial charge in [-0.1, -0.05) is 12.1 Å². The predicted molar refractivity (Wildman–Crippen MR) is 109 cm³/mol. The Bertz CT molecular complexity index is 678. The Morgan fingerprint density at radius 1 is 1.32 bits per heavy atom. The number of hydrogen-bond donors (Lipinski definition) is 1. The van der Waals surface area contributed by atoms with Crippen molar-refractivity contribution in [3.63, 3.8) is 0 Å². The lowest BCUT2D eigenvalue weighted by Crippen LogP contribution is -2.40. The minimum absolute atomic E-state index is 0. The third-order valence-electron chi connectivity index (χ3n) is 4.00. The second kappa shape index (κ2) is 9.55. The van der Waals surface area contributed by atoms with Gasteiger partial charge in [0.15, 0.2) is 5.96 Å². The van der Waals surface area contributed by atoms with E-state index in [1.165, 1.54) is 0 Å². The summed E-state index contributed by atoms with van der Waals surface area (Å²) in [7, 11) is 1.81. The molecule has 0 aliphatic carbocycles. The van der Waals surface area contributed by atoms with Crippen LogP contribution in [0.15, 0.2) is 47.7 Å². The van der Waals surface area contributed by atoms with Crippen molar-refractivity contribution in [2.75, 3.05) is 20.1 Å². The molecule has 0 spiro atoms. The van der Waals surface area contributed by atoms with E-state index in [-0.39, 0.29) is 30.1 Å². The highest BCUT2D eigenvalue weighted by Crippen LogP contribution is 2.16. The summed E-state index contributed by atoms with van der Waals surface area (Å²) in [6.07, 6.45) is 4.74. The molecule has 2 aromatic heterocycles. The summed E-state index contributed by atoms with van der Waals surface area (Å²) >= 11 is 0. The molecule has 7 heteroatoms. The van der Waals surface area contributed by atoms with Gasteiger partial charge in [0.25, 0.3) is 0 Å². The lowest BCUT2D eigenvalue weighted by atomic mass is 10.2. The average molecular weight is 453 g/mol. The fourth-order valence-electron chi connectivity index (χ4n) is 2.72. The third kappa shape index (κ3) is 5.55. The van der Waals surface area contributed by atoms with Crippen molar-refractivity contribution in [3.8, 4) is 5.88 Å². The molecule has 1 atom stereocenters. The second-order valence-corrected chi connectivity index (χ2v) is 5.85. The van der Waals surface area contributed by atoms with E-state index >= 15 is 0 Å². The summed E-state index contributed by atoms with van der Waals surface area (Å²) in [6.45, 7) is 4.43. The molecule has 25 heavy (non-hydrogen) atoms. The van der Waals surface area contributed by atoms with Crippen LogP contribution in [-0.4, -0.2) is 47.1 Å². The molecule has 0 saturated carbocycles. The Kier molecular flexibility index (Phi) is 7.42. The minimum atomic E-state index is 0. The molecule has 3 heterocycles. The van der Waals surface area contributed by atoms with Crippen LogP contribution < -0.4 is 10.1 Å². The van der Waals surface area contributed by atoms with E-state index in [1.54, 1.807) is 6.20 Å². The van der Waals surface area contributed by atoms with Gasteiger partial charge in [0.1, 0.15) is 6.10 Å². The van der Waals surface area contributed by atoms with Crippen LogP contribution in [-0.2, 0) is 6.54 Å². The van der Waals surface area contributed by atoms with E-state index in [1.807, 2.05) is 44.4 Å². The molecular weight excluding hydrogens is 429 g/mol. The number of rotatable bonds is 4. The number of likely N-dealkylation sites (tertiary alicyclic amines) is 1. The molecule has 134 valence electrons. The number of nitrogens with one attached hydrogen (secondary N) is 1. The Labute approximate surface area is 165 Å². The highest BCUT2D eigenvalue weighted by atomic mass is 127. The number of aliphatic imine (C=N–C) groups is 1. The highest BCUT2D eigenvalue weighted by molar-refractivity contribution is 14.0. The Balaban J connectivity index is 0.00000225. The Hall–Kier alpha value is -1.90. The van der Waals surface area contributed by atoms with E-state index < -0.39 is 0 Å². The van der Waals surface area contributed by atoms with Crippen LogP contribution in [0.5, 0.6) is 5.88 Å². The zero-order valence-corrected chi connectivity index (χ0v) is 16.9. The summed E-state index contributed by atoms with van der Waals surface area (Å²) in [6, 6.07) is 9.82. The number of guanidine groups is 1. The first-order chi connectivity index (χ1) is 11.7. The molecule has 1 aliphatic rings. The molecule has 0 aromatic carbocycles. The SMILES string of the molecule is CN=C(NCc1ccc(C)nc1)N1CCC(Oc2ccccn2)C1.I. The lowest BCUT2D eigenvalue weighted by Gasteiger charge is -2.21. The third-order valence-corrected chi connectivity index (χ3v) is 4.00. The van der Waals surface area contributed by atoms with E-state index in [0.29, 0.717) is 12.4 Å². The molecule has 1 fully saturated rings. The average Bonchev–Trinajstić information content (AvgIpc) is 3.06. The van der Waals surface area contributed by atoms with Gasteiger partial charge < -0.3 is 15.0 Å². The quantitative estimate of drug-likeness (QED) is 0.438. The molecule has 0 bridgehead atoms. The number of halogens is 1. The van der Waals surface area contributed by atoms with Gasteiger partial charge in [-0.3, -0.25) is 9.98 Å². The predicted octanol–water partition coefficient (Wildman–Crippen LogP) is 2.63. The van der Waals surface area contributed by atoms with Crippen LogP contribution in [0.4, 0.5) is 0 Å². The normalized spacial score (nSPS) is 17.1. The fraction of sp³-hybridized carbons (Fsp3) is 0.389. The molecule has 1 unspecified atom stereocenters. The lowest BCUT2D eigenvalue weighted by molar-refractivity contribution is 0.205. The molecule has 0 radical (unpaired) electrons. The second-order valence-electron chi connectivity index (χ2n) is 5.85. The van der Waals surface area contributed by atoms with Gasteiger partial charge >= 0.3 is 0 Å². The van der Waals surface area contributed by atoms with Gasteiger partial charge in [0, 0.05) is 50.7 Å². The Morgan fingerprint density at radius 2 is 2.20 bits per heavy atom. The first-order valence-corrected chi connectivity index (χ1v) is 8.19. The first-order valence-electron chi connectivity index (χ1n) is 8.19. The van der Waals surface area contributed by atoms with Crippen LogP contribution >= 0.6 is 24.0 Å². The molecule has 0 amide bonds. The highest BCUT2D eigenvalue weighted by Gasteiger charge is 2.26. The molecule has 1 aliphatic heterocycles. The van der Waals surface area contributed by atoms with Gasteiger partial charge in [-0.25, -0.2) is 4.98 Å². The van der Waals surface area contributed by atoms with E-state index in [4.69, 9.17) is 4.74 Å². The summed E-state index contributed by atoms with van der Waals surface area (Å²) < 4.78 is 5.93. The molecule has 6 nitrogen and oxygen atoms in total. The number of pyridine rings is 2. The van der Waals surface area contributed by atoms with Crippen molar-refractivity contribution in [3.05, 3.63) is 54.0 Å². The van der Waals surface area contributed by atoms with Crippen molar-refractivity contribution in [1.29, 1.82) is 0 Å². The number of ether oxygens (including phenoxy) is 1. The van der Waals surface area contributed by atoms with Gasteiger partial charge in [-0.2, -0.15) is 0 Å². The minimum Gasteiger partial charge on any atom is -0.472 e. The Morgan fingerprint density at radius 3 is 2.88 bits per heavy atom. The molecule has 3 rings (SSSR count). The van der Waals surface area contributed by atoms with Crippen LogP contribution in [0.1, 0.15) is 17.7 Å². The van der Waals surface area contributed by atoms with E-state index in [0.717, 1.165) is 36.7 Å². The van der Waals surface area contributed by atoms with Gasteiger partial charge in [-0.05, 0) is 24.6 Å². The number of nitrogens with zero attached hydrogens (tertiary/aromatic N) is 4. The van der Waals surface area contributed by atoms with E-state index in [9.17, 15) is 0 Å². The zero-order chi connectivity index (χ0) is 16.8. The van der Waals surface area contributed by atoms with Crippen LogP contribution in [0, 0.1) is 6.92 Å². The summed E-state index contributed by atoms with van der Waals surface area (Å²) in [4.78, 5) is 15.1. The summed E-state index contributed by atoms with van der Waals surface area (Å²) in [5.74, 6) is 1.57. The largest absolute Gasteiger partial charge is 0.472 e. The fourth-order valence-corrected chi connectivity index (χ4v) is 2.72. The molecule has 2 aromatic rings. The number of aryl methyl sites for hydroxylation is 1. The van der Waals surface area contributed by atoms with E-state index in [2.05, 4.69) is 31.2 Å². The number of aromatic nitrogens is 2. The standard InChI is InChI=1S/C18H23N5O.HI/c1-14-6-7-15(11-21-14)12-22-18(19-2)23-10-8-16(13-23)24-17-5-3-4-9-20-17;/h3-7,9,11,16H,8,10,12-13H2,1-2H3,(H,19,22);1H. The first kappa shape index (κ1) is 19.4. The van der Waals surface area contributed by atoms with Crippen molar-refractivity contribution in [1.82, 2.24) is 20.2 Å². The van der Waals surface area contributed by atoms with Crippen molar-refractivity contribution >= 4 is 29.9 Å². The van der Waals surface area contributed by atoms with Gasteiger partial charge in [0.05, 0.1) is 6.54 Å². The maximum absolute atomic E-state index is 5.93. The molecule has 1 saturated heterocycles. The van der Waals surface area contributed by atoms with Crippen LogP contribution in [0.25, 0.3) is 0 Å². The molecular formula is C18H24IN5O. The van der Waals surface area contributed by atoms with Crippen molar-refractivity contribution in [2.24, 2.45) is 4.99 Å². The summed E-state index contributed by atoms with van der Waals surface area (Å²) in [5.41, 5.74) is 2.17. The van der Waals surface area contributed by atoms with Gasteiger partial charge in [0.2, 0.25) is 5.88 Å².